The molecule has 2 aromatic carbocycles. The average Bonchev–Trinajstić information content (AvgIpc) is 2.46. The molecule has 0 bridgehead atoms. The minimum Gasteiger partial charge on any atom is -0.392 e. The predicted molar refractivity (Wildman–Crippen MR) is 73.1 cm³/mol. The molecule has 0 unspecified atom stereocenters. The molecular formula is C16H12FNO. The van der Waals surface area contributed by atoms with Crippen LogP contribution in [-0.2, 0) is 6.61 Å². The van der Waals surface area contributed by atoms with E-state index in [4.69, 9.17) is 5.11 Å². The average molecular weight is 253 g/mol. The Balaban J connectivity index is 2.12. The number of hydrogen-bond donors (Lipinski definition) is 1. The van der Waals surface area contributed by atoms with Gasteiger partial charge in [0.15, 0.2) is 0 Å². The zero-order valence-corrected chi connectivity index (χ0v) is 10.2. The molecule has 3 rings (SSSR count). The fourth-order valence-electron chi connectivity index (χ4n) is 2.10. The van der Waals surface area contributed by atoms with Crippen LogP contribution in [0, 0.1) is 5.82 Å². The summed E-state index contributed by atoms with van der Waals surface area (Å²) in [6.07, 6.45) is 1.72. The Hall–Kier alpha value is -2.26. The third-order valence-corrected chi connectivity index (χ3v) is 3.09. The maximum atomic E-state index is 13.1. The first-order valence-corrected chi connectivity index (χ1v) is 6.02. The molecule has 0 spiro atoms. The van der Waals surface area contributed by atoms with Crippen LogP contribution in [-0.4, -0.2) is 10.1 Å². The minimum absolute atomic E-state index is 0.0139. The SMILES string of the molecule is OCc1cccc(-c2cnc3cc(F)ccc3c2)c1. The van der Waals surface area contributed by atoms with E-state index in [1.165, 1.54) is 12.1 Å². The third-order valence-electron chi connectivity index (χ3n) is 3.09. The first-order valence-electron chi connectivity index (χ1n) is 6.02. The van der Waals surface area contributed by atoms with Gasteiger partial charge in [0.25, 0.3) is 0 Å². The van der Waals surface area contributed by atoms with Gasteiger partial charge < -0.3 is 5.11 Å². The van der Waals surface area contributed by atoms with Crippen LogP contribution < -0.4 is 0 Å². The molecule has 19 heavy (non-hydrogen) atoms. The molecule has 0 aliphatic heterocycles. The predicted octanol–water partition coefficient (Wildman–Crippen LogP) is 3.53. The lowest BCUT2D eigenvalue weighted by atomic mass is 10.0. The van der Waals surface area contributed by atoms with Crippen molar-refractivity contribution in [2.75, 3.05) is 0 Å². The topological polar surface area (TPSA) is 33.1 Å². The lowest BCUT2D eigenvalue weighted by Crippen LogP contribution is -1.87. The van der Waals surface area contributed by atoms with Gasteiger partial charge in [-0.1, -0.05) is 18.2 Å². The Morgan fingerprint density at radius 1 is 1.00 bits per heavy atom. The van der Waals surface area contributed by atoms with E-state index in [2.05, 4.69) is 4.98 Å². The van der Waals surface area contributed by atoms with Gasteiger partial charge in [-0.05, 0) is 35.4 Å². The molecule has 0 amide bonds. The van der Waals surface area contributed by atoms with E-state index < -0.39 is 0 Å². The maximum Gasteiger partial charge on any atom is 0.125 e. The van der Waals surface area contributed by atoms with Gasteiger partial charge in [0, 0.05) is 23.2 Å². The Labute approximate surface area is 110 Å². The van der Waals surface area contributed by atoms with Crippen LogP contribution in [0.25, 0.3) is 22.0 Å². The van der Waals surface area contributed by atoms with Crippen molar-refractivity contribution >= 4 is 10.9 Å². The highest BCUT2D eigenvalue weighted by Crippen LogP contribution is 2.24. The molecule has 1 N–H and O–H groups in total. The van der Waals surface area contributed by atoms with E-state index in [0.29, 0.717) is 5.52 Å². The van der Waals surface area contributed by atoms with Gasteiger partial charge in [0.1, 0.15) is 5.82 Å². The highest BCUT2D eigenvalue weighted by Gasteiger charge is 2.03. The van der Waals surface area contributed by atoms with E-state index >= 15 is 0 Å². The monoisotopic (exact) mass is 253 g/mol. The highest BCUT2D eigenvalue weighted by molar-refractivity contribution is 5.83. The number of nitrogens with zero attached hydrogens (tertiary/aromatic N) is 1. The second-order valence-electron chi connectivity index (χ2n) is 4.42. The van der Waals surface area contributed by atoms with Crippen LogP contribution >= 0.6 is 0 Å². The Morgan fingerprint density at radius 3 is 2.74 bits per heavy atom. The minimum atomic E-state index is -0.282. The molecule has 0 fully saturated rings. The molecule has 1 heterocycles. The summed E-state index contributed by atoms with van der Waals surface area (Å²) in [5.41, 5.74) is 3.44. The molecule has 0 saturated heterocycles. The number of aliphatic hydroxyl groups is 1. The van der Waals surface area contributed by atoms with Gasteiger partial charge >= 0.3 is 0 Å². The normalized spacial score (nSPS) is 10.8. The molecule has 0 saturated carbocycles. The fourth-order valence-corrected chi connectivity index (χ4v) is 2.10. The van der Waals surface area contributed by atoms with Crippen molar-refractivity contribution in [3.63, 3.8) is 0 Å². The van der Waals surface area contributed by atoms with E-state index in [0.717, 1.165) is 22.1 Å². The van der Waals surface area contributed by atoms with Crippen molar-refractivity contribution < 1.29 is 9.50 Å². The number of rotatable bonds is 2. The third kappa shape index (κ3) is 2.33. The Morgan fingerprint density at radius 2 is 1.89 bits per heavy atom. The molecule has 0 aliphatic carbocycles. The van der Waals surface area contributed by atoms with Crippen LogP contribution in [0.5, 0.6) is 0 Å². The van der Waals surface area contributed by atoms with Gasteiger partial charge in [0.05, 0.1) is 12.1 Å². The molecule has 0 radical (unpaired) electrons. The number of aliphatic hydroxyl groups excluding tert-OH is 1. The summed E-state index contributed by atoms with van der Waals surface area (Å²) in [6, 6.07) is 14.2. The van der Waals surface area contributed by atoms with Crippen LogP contribution in [0.1, 0.15) is 5.56 Å². The van der Waals surface area contributed by atoms with Crippen molar-refractivity contribution in [3.8, 4) is 11.1 Å². The van der Waals surface area contributed by atoms with Gasteiger partial charge in [-0.15, -0.1) is 0 Å². The lowest BCUT2D eigenvalue weighted by Gasteiger charge is -2.05. The first kappa shape index (κ1) is 11.8. The smallest absolute Gasteiger partial charge is 0.125 e. The number of halogens is 1. The zero-order chi connectivity index (χ0) is 13.2. The number of fused-ring (bicyclic) bond motifs is 1. The van der Waals surface area contributed by atoms with Crippen molar-refractivity contribution in [1.82, 2.24) is 4.98 Å². The lowest BCUT2D eigenvalue weighted by molar-refractivity contribution is 0.282. The van der Waals surface area contributed by atoms with E-state index in [1.54, 1.807) is 12.3 Å². The van der Waals surface area contributed by atoms with Gasteiger partial charge in [0.2, 0.25) is 0 Å². The van der Waals surface area contributed by atoms with Crippen molar-refractivity contribution in [2.24, 2.45) is 0 Å². The second-order valence-corrected chi connectivity index (χ2v) is 4.42. The van der Waals surface area contributed by atoms with Gasteiger partial charge in [-0.25, -0.2) is 4.39 Å². The van der Waals surface area contributed by atoms with E-state index in [9.17, 15) is 4.39 Å². The van der Waals surface area contributed by atoms with Crippen LogP contribution in [0.15, 0.2) is 54.7 Å². The molecule has 0 atom stereocenters. The van der Waals surface area contributed by atoms with E-state index in [-0.39, 0.29) is 12.4 Å². The quantitative estimate of drug-likeness (QED) is 0.757. The van der Waals surface area contributed by atoms with E-state index in [1.807, 2.05) is 30.3 Å². The van der Waals surface area contributed by atoms with Crippen LogP contribution in [0.2, 0.25) is 0 Å². The van der Waals surface area contributed by atoms with Crippen molar-refractivity contribution in [1.29, 1.82) is 0 Å². The molecule has 1 aromatic heterocycles. The number of benzene rings is 2. The number of hydrogen-bond acceptors (Lipinski definition) is 2. The number of aromatic nitrogens is 1. The standard InChI is InChI=1S/C16H12FNO/c17-15-5-4-13-7-14(9-18-16(13)8-15)12-3-1-2-11(6-12)10-19/h1-9,19H,10H2. The molecular weight excluding hydrogens is 241 g/mol. The highest BCUT2D eigenvalue weighted by atomic mass is 19.1. The largest absolute Gasteiger partial charge is 0.392 e. The van der Waals surface area contributed by atoms with Gasteiger partial charge in [-0.2, -0.15) is 0 Å². The summed E-state index contributed by atoms with van der Waals surface area (Å²) >= 11 is 0. The second kappa shape index (κ2) is 4.78. The summed E-state index contributed by atoms with van der Waals surface area (Å²) in [7, 11) is 0. The van der Waals surface area contributed by atoms with Crippen molar-refractivity contribution in [2.45, 2.75) is 6.61 Å². The van der Waals surface area contributed by atoms with Gasteiger partial charge in [-0.3, -0.25) is 4.98 Å². The summed E-state index contributed by atoms with van der Waals surface area (Å²) in [5, 5.41) is 10.1. The summed E-state index contributed by atoms with van der Waals surface area (Å²) in [4.78, 5) is 4.27. The maximum absolute atomic E-state index is 13.1. The Bertz CT molecular complexity index is 740. The molecule has 0 aliphatic rings. The molecule has 3 aromatic rings. The molecule has 2 nitrogen and oxygen atoms in total. The molecule has 3 heteroatoms. The molecule has 94 valence electrons. The van der Waals surface area contributed by atoms with Crippen molar-refractivity contribution in [3.05, 3.63) is 66.1 Å². The zero-order valence-electron chi connectivity index (χ0n) is 10.2. The van der Waals surface area contributed by atoms with Crippen LogP contribution in [0.3, 0.4) is 0 Å². The summed E-state index contributed by atoms with van der Waals surface area (Å²) in [5.74, 6) is -0.282. The van der Waals surface area contributed by atoms with Crippen LogP contribution in [0.4, 0.5) is 4.39 Å². The summed E-state index contributed by atoms with van der Waals surface area (Å²) < 4.78 is 13.1. The fraction of sp³-hybridized carbons (Fsp3) is 0.0625. The first-order chi connectivity index (χ1) is 9.26. The number of pyridine rings is 1. The summed E-state index contributed by atoms with van der Waals surface area (Å²) in [6.45, 7) is 0.0139. The Kier molecular flexibility index (Phi) is 2.97.